The fourth-order valence-electron chi connectivity index (χ4n) is 1.21. The van der Waals surface area contributed by atoms with E-state index in [-0.39, 0.29) is 11.6 Å². The molecule has 0 aliphatic carbocycles. The van der Waals surface area contributed by atoms with E-state index in [9.17, 15) is 4.39 Å². The van der Waals surface area contributed by atoms with Crippen LogP contribution in [-0.4, -0.2) is 17.3 Å². The molecule has 1 aromatic heterocycles. The third-order valence-electron chi connectivity index (χ3n) is 1.80. The number of rotatable bonds is 1. The molecule has 68 valence electrons. The number of aromatic nitrogens is 2. The second kappa shape index (κ2) is 3.13. The lowest BCUT2D eigenvalue weighted by Gasteiger charge is -2.03. The lowest BCUT2D eigenvalue weighted by molar-refractivity contribution is 0.390. The van der Waals surface area contributed by atoms with Gasteiger partial charge in [-0.05, 0) is 28.7 Å². The second-order valence-corrected chi connectivity index (χ2v) is 3.69. The lowest BCUT2D eigenvalue weighted by Crippen LogP contribution is -1.90. The van der Waals surface area contributed by atoms with Gasteiger partial charge in [0.25, 0.3) is 0 Å². The van der Waals surface area contributed by atoms with Crippen LogP contribution < -0.4 is 4.74 Å². The maximum absolute atomic E-state index is 13.3. The van der Waals surface area contributed by atoms with Crippen molar-refractivity contribution in [1.82, 2.24) is 10.2 Å². The van der Waals surface area contributed by atoms with Gasteiger partial charge in [0.05, 0.1) is 13.3 Å². The number of hydrogen-bond acceptors (Lipinski definition) is 2. The van der Waals surface area contributed by atoms with Crippen LogP contribution in [0.25, 0.3) is 10.9 Å². The van der Waals surface area contributed by atoms with Crippen LogP contribution in [0, 0.1) is 9.39 Å². The van der Waals surface area contributed by atoms with Crippen molar-refractivity contribution in [2.45, 2.75) is 0 Å². The molecule has 1 heterocycles. The maximum Gasteiger partial charge on any atom is 0.180 e. The van der Waals surface area contributed by atoms with E-state index in [1.54, 1.807) is 6.20 Å². The summed E-state index contributed by atoms with van der Waals surface area (Å²) in [5.74, 6) is -0.156. The van der Waals surface area contributed by atoms with Crippen LogP contribution in [0.5, 0.6) is 5.75 Å². The highest BCUT2D eigenvalue weighted by atomic mass is 127. The Labute approximate surface area is 87.4 Å². The van der Waals surface area contributed by atoms with Crippen molar-refractivity contribution in [3.05, 3.63) is 21.7 Å². The van der Waals surface area contributed by atoms with Crippen LogP contribution in [0.1, 0.15) is 0 Å². The molecule has 1 aromatic carbocycles. The number of nitrogens with zero attached hydrogens (tertiary/aromatic N) is 1. The molecule has 0 amide bonds. The Bertz CT molecular complexity index is 455. The first-order valence-corrected chi connectivity index (χ1v) is 4.67. The monoisotopic (exact) mass is 292 g/mol. The number of H-pyrrole nitrogens is 1. The molecule has 0 aliphatic rings. The number of nitrogens with one attached hydrogen (secondary N) is 1. The zero-order valence-electron chi connectivity index (χ0n) is 6.77. The van der Waals surface area contributed by atoms with Gasteiger partial charge in [0.15, 0.2) is 11.6 Å². The minimum atomic E-state index is -0.372. The second-order valence-electron chi connectivity index (χ2n) is 2.53. The van der Waals surface area contributed by atoms with Crippen LogP contribution in [0.2, 0.25) is 0 Å². The van der Waals surface area contributed by atoms with Gasteiger partial charge < -0.3 is 4.74 Å². The van der Waals surface area contributed by atoms with E-state index >= 15 is 0 Å². The van der Waals surface area contributed by atoms with Gasteiger partial charge in [-0.3, -0.25) is 5.10 Å². The highest BCUT2D eigenvalue weighted by Gasteiger charge is 2.12. The molecule has 0 fully saturated rings. The topological polar surface area (TPSA) is 37.9 Å². The first-order valence-electron chi connectivity index (χ1n) is 3.59. The van der Waals surface area contributed by atoms with Crippen LogP contribution in [0.4, 0.5) is 4.39 Å². The Kier molecular flexibility index (Phi) is 2.10. The van der Waals surface area contributed by atoms with Gasteiger partial charge in [-0.2, -0.15) is 5.10 Å². The third-order valence-corrected chi connectivity index (χ3v) is 2.69. The number of aromatic amines is 1. The number of halogens is 2. The summed E-state index contributed by atoms with van der Waals surface area (Å²) in [6.07, 6.45) is 1.65. The molecule has 0 saturated heterocycles. The molecule has 2 aromatic rings. The van der Waals surface area contributed by atoms with Crippen LogP contribution in [-0.2, 0) is 0 Å². The average molecular weight is 292 g/mol. The Morgan fingerprint density at radius 3 is 3.08 bits per heavy atom. The first-order chi connectivity index (χ1) is 6.24. The Morgan fingerprint density at radius 1 is 1.62 bits per heavy atom. The normalized spacial score (nSPS) is 10.7. The summed E-state index contributed by atoms with van der Waals surface area (Å²) in [5.41, 5.74) is 0.604. The van der Waals surface area contributed by atoms with Gasteiger partial charge in [0, 0.05) is 8.96 Å². The molecule has 0 aliphatic heterocycles. The highest BCUT2D eigenvalue weighted by molar-refractivity contribution is 14.1. The highest BCUT2D eigenvalue weighted by Crippen LogP contribution is 2.30. The predicted octanol–water partition coefficient (Wildman–Crippen LogP) is 2.32. The minimum Gasteiger partial charge on any atom is -0.492 e. The lowest BCUT2D eigenvalue weighted by atomic mass is 10.2. The van der Waals surface area contributed by atoms with Crippen LogP contribution >= 0.6 is 22.6 Å². The molecule has 0 saturated carbocycles. The molecular formula is C8H6FIN2O. The third kappa shape index (κ3) is 1.27. The largest absolute Gasteiger partial charge is 0.492 e. The summed E-state index contributed by atoms with van der Waals surface area (Å²) in [4.78, 5) is 0. The molecule has 2 rings (SSSR count). The van der Waals surface area contributed by atoms with E-state index in [2.05, 4.69) is 32.8 Å². The molecule has 5 heteroatoms. The SMILES string of the molecule is COc1c(F)cc(I)c2cn[nH]c12. The smallest absolute Gasteiger partial charge is 0.180 e. The predicted molar refractivity (Wildman–Crippen MR) is 55.3 cm³/mol. The van der Waals surface area contributed by atoms with Gasteiger partial charge in [-0.1, -0.05) is 0 Å². The van der Waals surface area contributed by atoms with E-state index < -0.39 is 0 Å². The van der Waals surface area contributed by atoms with Gasteiger partial charge >= 0.3 is 0 Å². The van der Waals surface area contributed by atoms with Crippen molar-refractivity contribution < 1.29 is 9.13 Å². The van der Waals surface area contributed by atoms with E-state index in [4.69, 9.17) is 4.74 Å². The molecule has 1 N–H and O–H groups in total. The molecule has 0 atom stereocenters. The Morgan fingerprint density at radius 2 is 2.38 bits per heavy atom. The molecule has 0 unspecified atom stereocenters. The van der Waals surface area contributed by atoms with E-state index in [0.29, 0.717) is 5.52 Å². The van der Waals surface area contributed by atoms with Gasteiger partial charge in [-0.15, -0.1) is 0 Å². The van der Waals surface area contributed by atoms with Crippen molar-refractivity contribution in [3.63, 3.8) is 0 Å². The standard InChI is InChI=1S/C8H6FIN2O/c1-13-8-5(9)2-6(10)4-3-11-12-7(4)8/h2-3H,1H3,(H,11,12). The van der Waals surface area contributed by atoms with Crippen molar-refractivity contribution >= 4 is 33.5 Å². The summed E-state index contributed by atoms with van der Waals surface area (Å²) >= 11 is 2.06. The van der Waals surface area contributed by atoms with Crippen molar-refractivity contribution in [2.24, 2.45) is 0 Å². The number of fused-ring (bicyclic) bond motifs is 1. The Balaban J connectivity index is 2.88. The number of methoxy groups -OCH3 is 1. The molecule has 13 heavy (non-hydrogen) atoms. The fraction of sp³-hybridized carbons (Fsp3) is 0.125. The zero-order chi connectivity index (χ0) is 9.42. The van der Waals surface area contributed by atoms with Crippen LogP contribution in [0.3, 0.4) is 0 Å². The fourth-order valence-corrected chi connectivity index (χ4v) is 1.90. The van der Waals surface area contributed by atoms with Crippen LogP contribution in [0.15, 0.2) is 12.3 Å². The summed E-state index contributed by atoms with van der Waals surface area (Å²) in [6, 6.07) is 1.43. The van der Waals surface area contributed by atoms with Gasteiger partial charge in [-0.25, -0.2) is 4.39 Å². The van der Waals surface area contributed by atoms with Crippen molar-refractivity contribution in [2.75, 3.05) is 7.11 Å². The zero-order valence-corrected chi connectivity index (χ0v) is 8.92. The summed E-state index contributed by atoms with van der Waals surface area (Å²) in [6.45, 7) is 0. The van der Waals surface area contributed by atoms with Crippen molar-refractivity contribution in [1.29, 1.82) is 0 Å². The molecule has 0 bridgehead atoms. The maximum atomic E-state index is 13.3. The van der Waals surface area contributed by atoms with E-state index in [1.165, 1.54) is 13.2 Å². The molecule has 3 nitrogen and oxygen atoms in total. The number of hydrogen-bond donors (Lipinski definition) is 1. The quantitative estimate of drug-likeness (QED) is 0.819. The minimum absolute atomic E-state index is 0.216. The van der Waals surface area contributed by atoms with Gasteiger partial charge in [0.2, 0.25) is 0 Å². The average Bonchev–Trinajstić information content (AvgIpc) is 2.53. The summed E-state index contributed by atoms with van der Waals surface area (Å²) in [7, 11) is 1.44. The van der Waals surface area contributed by atoms with E-state index in [0.717, 1.165) is 8.96 Å². The summed E-state index contributed by atoms with van der Waals surface area (Å²) < 4.78 is 19.0. The number of ether oxygens (including phenoxy) is 1. The van der Waals surface area contributed by atoms with E-state index in [1.807, 2.05) is 0 Å². The Hall–Kier alpha value is -0.850. The molecule has 0 radical (unpaired) electrons. The molecular weight excluding hydrogens is 286 g/mol. The van der Waals surface area contributed by atoms with Crippen molar-refractivity contribution in [3.8, 4) is 5.75 Å². The summed E-state index contributed by atoms with van der Waals surface area (Å²) in [5, 5.41) is 7.41. The molecule has 0 spiro atoms. The van der Waals surface area contributed by atoms with Gasteiger partial charge in [0.1, 0.15) is 5.52 Å². The number of benzene rings is 1. The first kappa shape index (κ1) is 8.74.